The third-order valence-electron chi connectivity index (χ3n) is 7.47. The standard InChI is InChI=1S/C31H26N4O2S2.C2HF3O2/c1-20-29(30(34-37-20)25-5-2-4-24(16-25)22-9-7-21(18-32)8-10-22)27-19-39-31(33-27)23-11-13-35(14-12-23)28(36)17-26-6-3-15-38-26;3-2(4,5)1(6)7/h2-10,15-16,19,23H,11-14,17H2,1H3;(H,6,7). The zero-order valence-electron chi connectivity index (χ0n) is 24.5. The fourth-order valence-electron chi connectivity index (χ4n) is 5.09. The van der Waals surface area contributed by atoms with E-state index in [1.54, 1.807) is 22.7 Å². The zero-order chi connectivity index (χ0) is 32.8. The second-order valence-electron chi connectivity index (χ2n) is 10.5. The molecule has 0 aliphatic carbocycles. The molecule has 1 amide bonds. The van der Waals surface area contributed by atoms with E-state index in [1.807, 2.05) is 65.7 Å². The van der Waals surface area contributed by atoms with Gasteiger partial charge in [0.2, 0.25) is 5.91 Å². The predicted molar refractivity (Wildman–Crippen MR) is 168 cm³/mol. The van der Waals surface area contributed by atoms with Crippen LogP contribution in [0, 0.1) is 18.3 Å². The Hall–Kier alpha value is -4.80. The fourth-order valence-corrected chi connectivity index (χ4v) is 6.77. The third kappa shape index (κ3) is 7.70. The number of rotatable bonds is 6. The Labute approximate surface area is 270 Å². The molecule has 1 fully saturated rings. The largest absolute Gasteiger partial charge is 0.490 e. The van der Waals surface area contributed by atoms with Crippen LogP contribution in [0.4, 0.5) is 13.2 Å². The van der Waals surface area contributed by atoms with Crippen LogP contribution < -0.4 is 0 Å². The van der Waals surface area contributed by atoms with Gasteiger partial charge >= 0.3 is 12.1 Å². The van der Waals surface area contributed by atoms with Gasteiger partial charge in [0.1, 0.15) is 11.5 Å². The van der Waals surface area contributed by atoms with Gasteiger partial charge in [0.05, 0.1) is 34.3 Å². The van der Waals surface area contributed by atoms with Gasteiger partial charge in [0, 0.05) is 34.8 Å². The smallest absolute Gasteiger partial charge is 0.475 e. The molecule has 1 aliphatic heterocycles. The van der Waals surface area contributed by atoms with Crippen molar-refractivity contribution in [2.24, 2.45) is 0 Å². The summed E-state index contributed by atoms with van der Waals surface area (Å²) in [6, 6.07) is 21.9. The summed E-state index contributed by atoms with van der Waals surface area (Å²) in [7, 11) is 0. The van der Waals surface area contributed by atoms with Gasteiger partial charge in [-0.2, -0.15) is 18.4 Å². The summed E-state index contributed by atoms with van der Waals surface area (Å²) in [6.07, 6.45) is -2.75. The number of carboxylic acids is 1. The lowest BCUT2D eigenvalue weighted by Gasteiger charge is -2.31. The van der Waals surface area contributed by atoms with Crippen molar-refractivity contribution in [3.8, 4) is 39.7 Å². The molecule has 236 valence electrons. The van der Waals surface area contributed by atoms with E-state index in [9.17, 15) is 18.0 Å². The van der Waals surface area contributed by atoms with Gasteiger partial charge < -0.3 is 14.5 Å². The van der Waals surface area contributed by atoms with Crippen molar-refractivity contribution in [3.05, 3.63) is 92.6 Å². The third-order valence-corrected chi connectivity index (χ3v) is 9.35. The first-order valence-electron chi connectivity index (χ1n) is 14.2. The fraction of sp³-hybridized carbons (Fsp3) is 0.242. The molecule has 5 aromatic rings. The average Bonchev–Trinajstić information content (AvgIpc) is 3.83. The molecule has 0 bridgehead atoms. The van der Waals surface area contributed by atoms with Crippen LogP contribution in [0.5, 0.6) is 0 Å². The molecule has 0 spiro atoms. The van der Waals surface area contributed by atoms with E-state index in [0.717, 1.165) is 75.2 Å². The van der Waals surface area contributed by atoms with E-state index in [4.69, 9.17) is 24.7 Å². The first-order valence-corrected chi connectivity index (χ1v) is 15.9. The number of carboxylic acid groups (broad SMARTS) is 1. The number of aliphatic carboxylic acids is 1. The summed E-state index contributed by atoms with van der Waals surface area (Å²) in [5.74, 6) is -1.46. The highest BCUT2D eigenvalue weighted by molar-refractivity contribution is 7.10. The number of thiophene rings is 1. The summed E-state index contributed by atoms with van der Waals surface area (Å²) in [6.45, 7) is 3.46. The normalized spacial score (nSPS) is 13.5. The number of nitriles is 1. The van der Waals surface area contributed by atoms with Crippen LogP contribution >= 0.6 is 22.7 Å². The number of hydrogen-bond acceptors (Lipinski definition) is 8. The van der Waals surface area contributed by atoms with Crippen molar-refractivity contribution in [1.82, 2.24) is 15.0 Å². The lowest BCUT2D eigenvalue weighted by molar-refractivity contribution is -0.192. The predicted octanol–water partition coefficient (Wildman–Crippen LogP) is 7.96. The molecule has 0 atom stereocenters. The van der Waals surface area contributed by atoms with E-state index in [2.05, 4.69) is 28.7 Å². The molecule has 0 radical (unpaired) electrons. The van der Waals surface area contributed by atoms with E-state index in [0.29, 0.717) is 17.9 Å². The molecule has 13 heteroatoms. The number of benzene rings is 2. The number of amides is 1. The summed E-state index contributed by atoms with van der Waals surface area (Å²) < 4.78 is 37.4. The Kier molecular flexibility index (Phi) is 9.99. The van der Waals surface area contributed by atoms with Crippen molar-refractivity contribution < 1.29 is 32.4 Å². The van der Waals surface area contributed by atoms with Crippen LogP contribution in [-0.2, 0) is 16.0 Å². The highest BCUT2D eigenvalue weighted by Gasteiger charge is 2.38. The number of likely N-dealkylation sites (tertiary alicyclic amines) is 1. The van der Waals surface area contributed by atoms with Crippen molar-refractivity contribution in [2.75, 3.05) is 13.1 Å². The van der Waals surface area contributed by atoms with Crippen LogP contribution in [-0.4, -0.2) is 51.3 Å². The molecule has 8 nitrogen and oxygen atoms in total. The summed E-state index contributed by atoms with van der Waals surface area (Å²) in [4.78, 5) is 29.8. The first kappa shape index (κ1) is 32.6. The number of carbonyl (C=O) groups is 2. The lowest BCUT2D eigenvalue weighted by Crippen LogP contribution is -2.38. The van der Waals surface area contributed by atoms with Crippen LogP contribution in [0.3, 0.4) is 0 Å². The molecule has 1 aliphatic rings. The summed E-state index contributed by atoms with van der Waals surface area (Å²) >= 11 is 3.31. The monoisotopic (exact) mass is 664 g/mol. The van der Waals surface area contributed by atoms with Gasteiger partial charge in [-0.15, -0.1) is 22.7 Å². The lowest BCUT2D eigenvalue weighted by atomic mass is 9.97. The number of hydrogen-bond donors (Lipinski definition) is 1. The Morgan fingerprint density at radius 1 is 1.04 bits per heavy atom. The van der Waals surface area contributed by atoms with E-state index < -0.39 is 12.1 Å². The van der Waals surface area contributed by atoms with Crippen LogP contribution in [0.25, 0.3) is 33.6 Å². The van der Waals surface area contributed by atoms with Gasteiger partial charge in [-0.05, 0) is 60.5 Å². The molecule has 0 unspecified atom stereocenters. The van der Waals surface area contributed by atoms with Gasteiger partial charge in [-0.25, -0.2) is 9.78 Å². The molecular formula is C33H27F3N4O4S2. The second kappa shape index (κ2) is 14.1. The number of nitrogens with zero attached hydrogens (tertiary/aromatic N) is 4. The SMILES string of the molecule is Cc1onc(-c2cccc(-c3ccc(C#N)cc3)c2)c1-c1csc(C2CCN(C(=O)Cc3cccs3)CC2)n1.O=C(O)C(F)(F)F. The molecule has 6 rings (SSSR count). The number of alkyl halides is 3. The second-order valence-corrected chi connectivity index (χ2v) is 12.4. The van der Waals surface area contributed by atoms with Crippen LogP contribution in [0.2, 0.25) is 0 Å². The van der Waals surface area contributed by atoms with Gasteiger partial charge in [0.25, 0.3) is 0 Å². The van der Waals surface area contributed by atoms with Crippen molar-refractivity contribution in [3.63, 3.8) is 0 Å². The molecule has 0 saturated carbocycles. The number of aryl methyl sites for hydroxylation is 1. The highest BCUT2D eigenvalue weighted by atomic mass is 32.1. The van der Waals surface area contributed by atoms with Gasteiger partial charge in [-0.1, -0.05) is 41.6 Å². The Balaban J connectivity index is 0.000000537. The highest BCUT2D eigenvalue weighted by Crippen LogP contribution is 2.39. The molecule has 3 aromatic heterocycles. The van der Waals surface area contributed by atoms with Gasteiger partial charge in [0.15, 0.2) is 0 Å². The number of aromatic nitrogens is 2. The zero-order valence-corrected chi connectivity index (χ0v) is 26.1. The van der Waals surface area contributed by atoms with E-state index in [1.165, 1.54) is 0 Å². The summed E-state index contributed by atoms with van der Waals surface area (Å²) in [5.41, 5.74) is 6.24. The van der Waals surface area contributed by atoms with Crippen LogP contribution in [0.15, 0.2) is 75.9 Å². The number of thiazole rings is 1. The van der Waals surface area contributed by atoms with E-state index in [-0.39, 0.29) is 5.91 Å². The van der Waals surface area contributed by atoms with Crippen molar-refractivity contribution >= 4 is 34.6 Å². The maximum Gasteiger partial charge on any atom is 0.490 e. The Morgan fingerprint density at radius 3 is 2.37 bits per heavy atom. The average molecular weight is 665 g/mol. The number of carbonyl (C=O) groups excluding carboxylic acids is 1. The molecule has 2 aromatic carbocycles. The van der Waals surface area contributed by atoms with Crippen molar-refractivity contribution in [1.29, 1.82) is 5.26 Å². The first-order chi connectivity index (χ1) is 22.0. The molecule has 46 heavy (non-hydrogen) atoms. The summed E-state index contributed by atoms with van der Waals surface area (Å²) in [5, 5.41) is 25.9. The van der Waals surface area contributed by atoms with E-state index >= 15 is 0 Å². The topological polar surface area (TPSA) is 120 Å². The minimum atomic E-state index is -5.08. The Bertz CT molecular complexity index is 1850. The Morgan fingerprint density at radius 2 is 1.74 bits per heavy atom. The molecular weight excluding hydrogens is 638 g/mol. The molecule has 1 N–H and O–H groups in total. The minimum absolute atomic E-state index is 0.212. The quantitative estimate of drug-likeness (QED) is 0.196. The van der Waals surface area contributed by atoms with Crippen molar-refractivity contribution in [2.45, 2.75) is 38.3 Å². The number of halogens is 3. The number of piperidine rings is 1. The minimum Gasteiger partial charge on any atom is -0.475 e. The maximum atomic E-state index is 12.7. The van der Waals surface area contributed by atoms with Gasteiger partial charge in [-0.3, -0.25) is 4.79 Å². The van der Waals surface area contributed by atoms with Crippen LogP contribution in [0.1, 0.15) is 40.0 Å². The molecule has 1 saturated heterocycles. The maximum absolute atomic E-state index is 12.7. The molecule has 4 heterocycles.